The Morgan fingerprint density at radius 2 is 2.33 bits per heavy atom. The molecular formula is C10H13NO4. The minimum atomic E-state index is -0.276. The third-order valence-corrected chi connectivity index (χ3v) is 1.82. The maximum absolute atomic E-state index is 11.3. The van der Waals surface area contributed by atoms with Gasteiger partial charge in [-0.25, -0.2) is 0 Å². The smallest absolute Gasteiger partial charge is 0.305 e. The molecule has 82 valence electrons. The van der Waals surface area contributed by atoms with E-state index in [1.54, 1.807) is 12.1 Å². The summed E-state index contributed by atoms with van der Waals surface area (Å²) in [5.74, 6) is -0.278. The molecule has 0 unspecified atom stereocenters. The highest BCUT2D eigenvalue weighted by Crippen LogP contribution is 1.99. The monoisotopic (exact) mass is 211 g/mol. The Hall–Kier alpha value is -1.78. The number of furan rings is 1. The Bertz CT molecular complexity index is 318. The van der Waals surface area contributed by atoms with Crippen LogP contribution >= 0.6 is 0 Å². The number of rotatable bonds is 5. The van der Waals surface area contributed by atoms with E-state index >= 15 is 0 Å². The number of carbonyl (C=O) groups is 2. The van der Waals surface area contributed by atoms with E-state index in [9.17, 15) is 9.59 Å². The normalized spacial score (nSPS) is 9.67. The quantitative estimate of drug-likeness (QED) is 0.582. The molecule has 0 aromatic carbocycles. The van der Waals surface area contributed by atoms with Crippen LogP contribution < -0.4 is 5.32 Å². The molecule has 5 nitrogen and oxygen atoms in total. The van der Waals surface area contributed by atoms with E-state index in [1.807, 2.05) is 0 Å². The molecule has 0 saturated heterocycles. The first-order valence-corrected chi connectivity index (χ1v) is 4.62. The molecule has 15 heavy (non-hydrogen) atoms. The molecule has 1 aromatic heterocycles. The molecule has 0 spiro atoms. The van der Waals surface area contributed by atoms with E-state index in [4.69, 9.17) is 4.42 Å². The summed E-state index contributed by atoms with van der Waals surface area (Å²) in [4.78, 5) is 22.0. The van der Waals surface area contributed by atoms with Gasteiger partial charge in [-0.05, 0) is 18.6 Å². The highest BCUT2D eigenvalue weighted by atomic mass is 16.5. The molecule has 0 saturated carbocycles. The van der Waals surface area contributed by atoms with Gasteiger partial charge in [0.2, 0.25) is 0 Å². The lowest BCUT2D eigenvalue weighted by molar-refractivity contribution is -0.140. The van der Waals surface area contributed by atoms with E-state index in [1.165, 1.54) is 13.4 Å². The average Bonchev–Trinajstić information content (AvgIpc) is 2.77. The Balaban J connectivity index is 2.16. The summed E-state index contributed by atoms with van der Waals surface area (Å²) in [6.07, 6.45) is 2.29. The molecular weight excluding hydrogens is 198 g/mol. The van der Waals surface area contributed by atoms with E-state index in [0.717, 1.165) is 0 Å². The number of nitrogens with one attached hydrogen (secondary N) is 1. The minimum absolute atomic E-state index is 0.271. The SMILES string of the molecule is COC(=O)CCCNC(=O)c1ccco1. The van der Waals surface area contributed by atoms with Crippen molar-refractivity contribution < 1.29 is 18.7 Å². The van der Waals surface area contributed by atoms with Crippen molar-refractivity contribution >= 4 is 11.9 Å². The van der Waals surface area contributed by atoms with Crippen LogP contribution in [0.1, 0.15) is 23.4 Å². The summed E-state index contributed by atoms with van der Waals surface area (Å²) >= 11 is 0. The summed E-state index contributed by atoms with van der Waals surface area (Å²) in [5, 5.41) is 2.62. The lowest BCUT2D eigenvalue weighted by Crippen LogP contribution is -2.24. The number of hydrogen-bond donors (Lipinski definition) is 1. The second-order valence-electron chi connectivity index (χ2n) is 2.91. The van der Waals surface area contributed by atoms with Crippen LogP contribution in [0.5, 0.6) is 0 Å². The molecule has 0 aliphatic carbocycles. The molecule has 1 aromatic rings. The van der Waals surface area contributed by atoms with Gasteiger partial charge >= 0.3 is 5.97 Å². The minimum Gasteiger partial charge on any atom is -0.469 e. The van der Waals surface area contributed by atoms with Crippen molar-refractivity contribution in [2.75, 3.05) is 13.7 Å². The Morgan fingerprint density at radius 3 is 2.93 bits per heavy atom. The van der Waals surface area contributed by atoms with Crippen LogP contribution in [0, 0.1) is 0 Å². The van der Waals surface area contributed by atoms with Gasteiger partial charge in [0, 0.05) is 13.0 Å². The van der Waals surface area contributed by atoms with Gasteiger partial charge in [-0.3, -0.25) is 9.59 Å². The van der Waals surface area contributed by atoms with Crippen molar-refractivity contribution in [1.82, 2.24) is 5.32 Å². The highest BCUT2D eigenvalue weighted by molar-refractivity contribution is 5.91. The molecule has 0 atom stereocenters. The van der Waals surface area contributed by atoms with Gasteiger partial charge < -0.3 is 14.5 Å². The molecule has 1 amide bonds. The first-order valence-electron chi connectivity index (χ1n) is 4.62. The zero-order valence-electron chi connectivity index (χ0n) is 8.49. The van der Waals surface area contributed by atoms with Crippen molar-refractivity contribution in [3.05, 3.63) is 24.2 Å². The second-order valence-corrected chi connectivity index (χ2v) is 2.91. The maximum atomic E-state index is 11.3. The van der Waals surface area contributed by atoms with Gasteiger partial charge in [0.25, 0.3) is 5.91 Å². The van der Waals surface area contributed by atoms with Gasteiger partial charge in [0.1, 0.15) is 0 Å². The fourth-order valence-electron chi connectivity index (χ4n) is 1.03. The van der Waals surface area contributed by atoms with Gasteiger partial charge in [0.15, 0.2) is 5.76 Å². The molecule has 5 heteroatoms. The van der Waals surface area contributed by atoms with Gasteiger partial charge in [-0.2, -0.15) is 0 Å². The molecule has 1 heterocycles. The van der Waals surface area contributed by atoms with Crippen molar-refractivity contribution in [3.63, 3.8) is 0 Å². The number of carbonyl (C=O) groups excluding carboxylic acids is 2. The summed E-state index contributed by atoms with van der Waals surface area (Å²) in [6, 6.07) is 3.22. The molecule has 0 aliphatic rings. The number of ether oxygens (including phenoxy) is 1. The Morgan fingerprint density at radius 1 is 1.53 bits per heavy atom. The highest BCUT2D eigenvalue weighted by Gasteiger charge is 2.07. The third-order valence-electron chi connectivity index (χ3n) is 1.82. The molecule has 0 bridgehead atoms. The van der Waals surface area contributed by atoms with Crippen LogP contribution in [0.3, 0.4) is 0 Å². The van der Waals surface area contributed by atoms with Gasteiger partial charge in [-0.15, -0.1) is 0 Å². The standard InChI is InChI=1S/C10H13NO4/c1-14-9(12)5-2-6-11-10(13)8-4-3-7-15-8/h3-4,7H,2,5-6H2,1H3,(H,11,13). The first-order chi connectivity index (χ1) is 7.24. The largest absolute Gasteiger partial charge is 0.469 e. The molecule has 0 fully saturated rings. The second kappa shape index (κ2) is 5.85. The van der Waals surface area contributed by atoms with Crippen LogP contribution in [0.25, 0.3) is 0 Å². The first kappa shape index (κ1) is 11.3. The number of amides is 1. The molecule has 0 aliphatic heterocycles. The summed E-state index contributed by atoms with van der Waals surface area (Å²) in [5.41, 5.74) is 0. The predicted octanol–water partition coefficient (Wildman–Crippen LogP) is 0.963. The molecule has 0 radical (unpaired) electrons. The fourth-order valence-corrected chi connectivity index (χ4v) is 1.03. The zero-order chi connectivity index (χ0) is 11.1. The van der Waals surface area contributed by atoms with Crippen LogP contribution in [0.4, 0.5) is 0 Å². The molecule has 1 rings (SSSR count). The van der Waals surface area contributed by atoms with Crippen LogP contribution in [0.15, 0.2) is 22.8 Å². The number of methoxy groups -OCH3 is 1. The number of esters is 1. The van der Waals surface area contributed by atoms with Crippen molar-refractivity contribution in [2.45, 2.75) is 12.8 Å². The Kier molecular flexibility index (Phi) is 4.40. The van der Waals surface area contributed by atoms with Crippen molar-refractivity contribution in [2.24, 2.45) is 0 Å². The third kappa shape index (κ3) is 3.84. The van der Waals surface area contributed by atoms with E-state index < -0.39 is 0 Å². The van der Waals surface area contributed by atoms with Gasteiger partial charge in [0.05, 0.1) is 13.4 Å². The van der Waals surface area contributed by atoms with Crippen LogP contribution in [-0.2, 0) is 9.53 Å². The van der Waals surface area contributed by atoms with E-state index in [0.29, 0.717) is 19.4 Å². The van der Waals surface area contributed by atoms with Crippen LogP contribution in [0.2, 0.25) is 0 Å². The average molecular weight is 211 g/mol. The number of hydrogen-bond acceptors (Lipinski definition) is 4. The van der Waals surface area contributed by atoms with Crippen molar-refractivity contribution in [3.8, 4) is 0 Å². The summed E-state index contributed by atoms with van der Waals surface area (Å²) in [7, 11) is 1.34. The zero-order valence-corrected chi connectivity index (χ0v) is 8.49. The Labute approximate surface area is 87.4 Å². The summed E-state index contributed by atoms with van der Waals surface area (Å²) < 4.78 is 9.35. The predicted molar refractivity (Wildman–Crippen MR) is 52.3 cm³/mol. The lowest BCUT2D eigenvalue weighted by Gasteiger charge is -2.01. The molecule has 1 N–H and O–H groups in total. The van der Waals surface area contributed by atoms with Crippen molar-refractivity contribution in [1.29, 1.82) is 0 Å². The lowest BCUT2D eigenvalue weighted by atomic mass is 10.3. The fraction of sp³-hybridized carbons (Fsp3) is 0.400. The van der Waals surface area contributed by atoms with Gasteiger partial charge in [-0.1, -0.05) is 0 Å². The maximum Gasteiger partial charge on any atom is 0.305 e. The summed E-state index contributed by atoms with van der Waals surface area (Å²) in [6.45, 7) is 0.425. The van der Waals surface area contributed by atoms with Crippen LogP contribution in [-0.4, -0.2) is 25.5 Å². The van der Waals surface area contributed by atoms with E-state index in [2.05, 4.69) is 10.1 Å². The van der Waals surface area contributed by atoms with E-state index in [-0.39, 0.29) is 17.6 Å². The topological polar surface area (TPSA) is 68.5 Å².